The maximum absolute atomic E-state index is 12.8. The minimum atomic E-state index is -0.821. The second kappa shape index (κ2) is 51.0. The van der Waals surface area contributed by atoms with Crippen LogP contribution in [-0.2, 0) is 28.6 Å². The van der Waals surface area contributed by atoms with Gasteiger partial charge in [0, 0.05) is 19.3 Å². The summed E-state index contributed by atoms with van der Waals surface area (Å²) in [7, 11) is 0. The number of carbonyl (C=O) groups excluding carboxylic acids is 3. The van der Waals surface area contributed by atoms with Gasteiger partial charge in [0.05, 0.1) is 0 Å². The summed E-state index contributed by atoms with van der Waals surface area (Å²) in [5.74, 6) is -1.02. The topological polar surface area (TPSA) is 78.9 Å². The van der Waals surface area contributed by atoms with Crippen LogP contribution in [0.2, 0.25) is 0 Å². The number of rotatable bonds is 45. The minimum Gasteiger partial charge on any atom is -0.462 e. The van der Waals surface area contributed by atoms with Crippen LogP contribution in [0.1, 0.15) is 226 Å². The van der Waals surface area contributed by atoms with Crippen molar-refractivity contribution in [1.82, 2.24) is 0 Å². The Bertz CT molecular complexity index is 1280. The second-order valence-corrected chi connectivity index (χ2v) is 16.7. The molecule has 0 N–H and O–H groups in total. The number of esters is 3. The van der Waals surface area contributed by atoms with Crippen molar-refractivity contribution in [2.45, 2.75) is 232 Å². The SMILES string of the molecule is CC/C=C\C/C=C\C/C=C\C/C=C\C/C=C\CCCC(=O)OC(COC(=O)CCCC/C=C\C/C=C\CC)COC(=O)CCCCCCCCC/C=C\CCCCCCCCCC. The molecule has 0 aliphatic carbocycles. The molecule has 0 spiro atoms. The van der Waals surface area contributed by atoms with Gasteiger partial charge in [0.1, 0.15) is 13.2 Å². The lowest BCUT2D eigenvalue weighted by atomic mass is 10.1. The summed E-state index contributed by atoms with van der Waals surface area (Å²) in [4.78, 5) is 37.8. The van der Waals surface area contributed by atoms with Crippen molar-refractivity contribution in [3.8, 4) is 0 Å². The van der Waals surface area contributed by atoms with Gasteiger partial charge in [-0.25, -0.2) is 0 Å². The van der Waals surface area contributed by atoms with Crippen LogP contribution in [0.4, 0.5) is 0 Å². The van der Waals surface area contributed by atoms with Gasteiger partial charge in [-0.15, -0.1) is 0 Å². The molecule has 0 fully saturated rings. The molecule has 1 unspecified atom stereocenters. The maximum Gasteiger partial charge on any atom is 0.306 e. The van der Waals surface area contributed by atoms with Gasteiger partial charge in [-0.05, 0) is 109 Å². The number of ether oxygens (including phenoxy) is 3. The standard InChI is InChI=1S/C57H94O6/c1-4-7-10-13-16-19-21-23-25-27-28-30-31-33-35-38-41-44-47-50-56(59)62-53-54(52-61-55(58)49-46-43-40-37-18-15-12-9-6-3)63-57(60)51-48-45-42-39-36-34-32-29-26-24-22-20-17-14-11-8-5-2/h8-9,11-12,17-18,20,24,26-28,32,34,37,39,42,54H,4-7,10,13-16,19,21-23,25,29-31,33,35-36,38,40-41,43-53H2,1-3H3/b11-8-,12-9-,20-17-,26-24-,28-27-,34-32-,37-18-,42-39-. The van der Waals surface area contributed by atoms with Crippen molar-refractivity contribution in [3.63, 3.8) is 0 Å². The molecular weight excluding hydrogens is 781 g/mol. The zero-order valence-electron chi connectivity index (χ0n) is 40.8. The molecule has 0 aromatic heterocycles. The third kappa shape index (κ3) is 49.2. The molecule has 0 bridgehead atoms. The van der Waals surface area contributed by atoms with Gasteiger partial charge in [-0.3, -0.25) is 14.4 Å². The monoisotopic (exact) mass is 875 g/mol. The van der Waals surface area contributed by atoms with Crippen molar-refractivity contribution in [3.05, 3.63) is 97.2 Å². The molecular formula is C57H94O6. The molecule has 0 rings (SSSR count). The van der Waals surface area contributed by atoms with E-state index in [1.165, 1.54) is 89.9 Å². The molecule has 6 heteroatoms. The highest BCUT2D eigenvalue weighted by molar-refractivity contribution is 5.71. The van der Waals surface area contributed by atoms with Gasteiger partial charge in [0.25, 0.3) is 0 Å². The highest BCUT2D eigenvalue weighted by Gasteiger charge is 2.19. The number of allylic oxidation sites excluding steroid dienone is 16. The van der Waals surface area contributed by atoms with Crippen LogP contribution in [-0.4, -0.2) is 37.2 Å². The summed E-state index contributed by atoms with van der Waals surface area (Å²) >= 11 is 0. The molecule has 63 heavy (non-hydrogen) atoms. The highest BCUT2D eigenvalue weighted by Crippen LogP contribution is 2.13. The largest absolute Gasteiger partial charge is 0.462 e. The van der Waals surface area contributed by atoms with Gasteiger partial charge < -0.3 is 14.2 Å². The normalized spacial score (nSPS) is 12.9. The van der Waals surface area contributed by atoms with E-state index in [1.807, 2.05) is 0 Å². The molecule has 6 nitrogen and oxygen atoms in total. The van der Waals surface area contributed by atoms with E-state index >= 15 is 0 Å². The molecule has 358 valence electrons. The van der Waals surface area contributed by atoms with Crippen LogP contribution in [0, 0.1) is 0 Å². The first-order valence-corrected chi connectivity index (χ1v) is 25.7. The summed E-state index contributed by atoms with van der Waals surface area (Å²) in [6.45, 7) is 6.31. The van der Waals surface area contributed by atoms with E-state index in [2.05, 4.69) is 118 Å². The van der Waals surface area contributed by atoms with Crippen molar-refractivity contribution in [1.29, 1.82) is 0 Å². The van der Waals surface area contributed by atoms with Crippen molar-refractivity contribution < 1.29 is 28.6 Å². The van der Waals surface area contributed by atoms with Crippen LogP contribution in [0.25, 0.3) is 0 Å². The molecule has 0 aliphatic heterocycles. The Balaban J connectivity index is 4.43. The summed E-state index contributed by atoms with van der Waals surface area (Å²) in [5, 5.41) is 0. The Morgan fingerprint density at radius 3 is 1.06 bits per heavy atom. The van der Waals surface area contributed by atoms with E-state index in [-0.39, 0.29) is 37.5 Å². The Morgan fingerprint density at radius 2 is 0.635 bits per heavy atom. The van der Waals surface area contributed by atoms with E-state index in [4.69, 9.17) is 14.2 Å². The third-order valence-corrected chi connectivity index (χ3v) is 10.6. The Hall–Kier alpha value is -3.67. The first-order chi connectivity index (χ1) is 31.0. The molecule has 0 radical (unpaired) electrons. The average molecular weight is 875 g/mol. The van der Waals surface area contributed by atoms with Gasteiger partial charge in [0.2, 0.25) is 0 Å². The van der Waals surface area contributed by atoms with Crippen LogP contribution in [0.3, 0.4) is 0 Å². The van der Waals surface area contributed by atoms with Crippen LogP contribution >= 0.6 is 0 Å². The van der Waals surface area contributed by atoms with Gasteiger partial charge in [-0.1, -0.05) is 195 Å². The molecule has 0 saturated carbocycles. The summed E-state index contributed by atoms with van der Waals surface area (Å²) in [6.07, 6.45) is 67.0. The molecule has 0 aliphatic rings. The van der Waals surface area contributed by atoms with Crippen molar-refractivity contribution in [2.75, 3.05) is 13.2 Å². The Kier molecular flexibility index (Phi) is 48.0. The third-order valence-electron chi connectivity index (χ3n) is 10.6. The Morgan fingerprint density at radius 1 is 0.333 bits per heavy atom. The summed E-state index contributed by atoms with van der Waals surface area (Å²) in [6, 6.07) is 0. The molecule has 1 atom stereocenters. The lowest BCUT2D eigenvalue weighted by Crippen LogP contribution is -2.30. The fourth-order valence-electron chi connectivity index (χ4n) is 6.74. The summed E-state index contributed by atoms with van der Waals surface area (Å²) in [5.41, 5.74) is 0. The van der Waals surface area contributed by atoms with E-state index in [0.717, 1.165) is 89.9 Å². The first-order valence-electron chi connectivity index (χ1n) is 25.7. The Labute approximate surface area is 387 Å². The van der Waals surface area contributed by atoms with E-state index in [0.29, 0.717) is 19.3 Å². The number of hydrogen-bond acceptors (Lipinski definition) is 6. The van der Waals surface area contributed by atoms with Gasteiger partial charge in [0.15, 0.2) is 6.10 Å². The van der Waals surface area contributed by atoms with Crippen LogP contribution in [0.5, 0.6) is 0 Å². The van der Waals surface area contributed by atoms with Crippen molar-refractivity contribution >= 4 is 17.9 Å². The predicted octanol–water partition coefficient (Wildman–Crippen LogP) is 17.0. The zero-order valence-corrected chi connectivity index (χ0v) is 40.8. The van der Waals surface area contributed by atoms with Gasteiger partial charge in [-0.2, -0.15) is 0 Å². The maximum atomic E-state index is 12.8. The lowest BCUT2D eigenvalue weighted by Gasteiger charge is -2.18. The van der Waals surface area contributed by atoms with E-state index < -0.39 is 6.10 Å². The predicted molar refractivity (Wildman–Crippen MR) is 270 cm³/mol. The molecule has 0 heterocycles. The molecule has 0 aromatic carbocycles. The van der Waals surface area contributed by atoms with Crippen molar-refractivity contribution in [2.24, 2.45) is 0 Å². The average Bonchev–Trinajstić information content (AvgIpc) is 3.28. The van der Waals surface area contributed by atoms with E-state index in [1.54, 1.807) is 0 Å². The quantitative estimate of drug-likeness (QED) is 0.0262. The molecule has 0 saturated heterocycles. The summed E-state index contributed by atoms with van der Waals surface area (Å²) < 4.78 is 16.7. The molecule has 0 aromatic rings. The minimum absolute atomic E-state index is 0.114. The number of carbonyl (C=O) groups is 3. The fraction of sp³-hybridized carbons (Fsp3) is 0.667. The van der Waals surface area contributed by atoms with E-state index in [9.17, 15) is 14.4 Å². The smallest absolute Gasteiger partial charge is 0.306 e. The highest BCUT2D eigenvalue weighted by atomic mass is 16.6. The number of unbranched alkanes of at least 4 members (excludes halogenated alkanes) is 18. The fourth-order valence-corrected chi connectivity index (χ4v) is 6.74. The zero-order chi connectivity index (χ0) is 45.8. The van der Waals surface area contributed by atoms with Crippen LogP contribution < -0.4 is 0 Å². The molecule has 0 amide bonds. The number of hydrogen-bond donors (Lipinski definition) is 0. The van der Waals surface area contributed by atoms with Crippen LogP contribution in [0.15, 0.2) is 97.2 Å². The first kappa shape index (κ1) is 59.3. The second-order valence-electron chi connectivity index (χ2n) is 16.7. The van der Waals surface area contributed by atoms with Gasteiger partial charge >= 0.3 is 17.9 Å². The lowest BCUT2D eigenvalue weighted by molar-refractivity contribution is -0.167.